The van der Waals surface area contributed by atoms with Gasteiger partial charge in [0.2, 0.25) is 0 Å². The van der Waals surface area contributed by atoms with Crippen LogP contribution >= 0.6 is 0 Å². The molecule has 0 fully saturated rings. The molecule has 5 heteroatoms. The van der Waals surface area contributed by atoms with Crippen LogP contribution in [0.25, 0.3) is 88.0 Å². The zero-order valence-electron chi connectivity index (χ0n) is 55.6. The summed E-state index contributed by atoms with van der Waals surface area (Å²) < 4.78 is 14.8. The number of hydrogen-bond acceptors (Lipinski definition) is 4. The highest BCUT2D eigenvalue weighted by atomic mass is 28.3. The van der Waals surface area contributed by atoms with Crippen LogP contribution in [0.1, 0.15) is 27.8 Å². The molecule has 0 atom stereocenters. The first-order valence-corrected chi connectivity index (χ1v) is 36.8. The molecule has 476 valence electrons. The maximum absolute atomic E-state index is 7.51. The Hall–Kier alpha value is -12.8. The molecule has 18 aromatic rings. The van der Waals surface area contributed by atoms with E-state index in [1.807, 2.05) is 0 Å². The minimum absolute atomic E-state index is 0.808. The van der Waals surface area contributed by atoms with Crippen molar-refractivity contribution in [1.82, 2.24) is 0 Å². The largest absolute Gasteiger partial charge is 0.453 e. The summed E-state index contributed by atoms with van der Waals surface area (Å²) >= 11 is 0. The Morgan fingerprint density at radius 3 is 1.14 bits per heavy atom. The summed E-state index contributed by atoms with van der Waals surface area (Å²) in [6.45, 7) is 2.13. The summed E-state index contributed by atoms with van der Waals surface area (Å²) in [5, 5.41) is 11.9. The molecule has 0 saturated carbocycles. The van der Waals surface area contributed by atoms with Crippen molar-refractivity contribution < 1.29 is 8.83 Å². The third-order valence-corrected chi connectivity index (χ3v) is 25.9. The molecule has 0 unspecified atom stereocenters. The van der Waals surface area contributed by atoms with Gasteiger partial charge in [-0.15, -0.1) is 0 Å². The Morgan fingerprint density at radius 2 is 0.644 bits per heavy atom. The maximum Gasteiger partial charge on any atom is 0.179 e. The Bertz CT molecular complexity index is 5980. The molecular formula is C96H66N2O2Si. The summed E-state index contributed by atoms with van der Waals surface area (Å²) in [5.41, 5.74) is 21.1. The van der Waals surface area contributed by atoms with Crippen molar-refractivity contribution in [3.63, 3.8) is 0 Å². The number of aryl methyl sites for hydroxylation is 1. The predicted octanol–water partition coefficient (Wildman–Crippen LogP) is 23.0. The van der Waals surface area contributed by atoms with Gasteiger partial charge in [0.1, 0.15) is 11.2 Å². The molecule has 19 rings (SSSR count). The average Bonchev–Trinajstić information content (AvgIpc) is 1.54. The van der Waals surface area contributed by atoms with Crippen molar-refractivity contribution in [3.8, 4) is 33.4 Å². The highest BCUT2D eigenvalue weighted by molar-refractivity contribution is 7.19. The first-order valence-electron chi connectivity index (χ1n) is 34.8. The van der Waals surface area contributed by atoms with Crippen molar-refractivity contribution >= 4 is 118 Å². The van der Waals surface area contributed by atoms with E-state index in [-0.39, 0.29) is 0 Å². The van der Waals surface area contributed by atoms with Gasteiger partial charge in [0.15, 0.2) is 19.2 Å². The van der Waals surface area contributed by atoms with Gasteiger partial charge in [0.05, 0.1) is 22.5 Å². The lowest BCUT2D eigenvalue weighted by atomic mass is 9.67. The van der Waals surface area contributed by atoms with Crippen LogP contribution in [0.4, 0.5) is 34.1 Å². The molecule has 0 radical (unpaired) electrons. The third-order valence-electron chi connectivity index (χ3n) is 21.1. The zero-order valence-corrected chi connectivity index (χ0v) is 56.6. The number of nitrogens with zero attached hydrogens (tertiary/aromatic N) is 2. The minimum atomic E-state index is -2.77. The van der Waals surface area contributed by atoms with Gasteiger partial charge in [0, 0.05) is 55.1 Å². The summed E-state index contributed by atoms with van der Waals surface area (Å²) in [6, 6.07) is 141. The molecule has 101 heavy (non-hydrogen) atoms. The van der Waals surface area contributed by atoms with Crippen LogP contribution in [-0.2, 0) is 5.41 Å². The summed E-state index contributed by atoms with van der Waals surface area (Å²) in [6.07, 6.45) is 0. The molecule has 2 aromatic heterocycles. The maximum atomic E-state index is 7.51. The van der Waals surface area contributed by atoms with Crippen LogP contribution in [0.15, 0.2) is 391 Å². The van der Waals surface area contributed by atoms with E-state index >= 15 is 0 Å². The van der Waals surface area contributed by atoms with Crippen LogP contribution in [0.2, 0.25) is 0 Å². The standard InChI is InChI=1S/C96H66N2O2Si/c1-65-53-55-66(56-54-65)77-45-25-48-82-84-50-28-52-89(95(84)100-92(77)82)98(71-35-15-5-16-36-71)90-64-87-91(80-44-24-23-43-79(80)90)85-62-59-72(63-86(85)96(87,68-29-9-2-10-30-68)69-31-11-3-12-32-69)97(70-33-13-4-14-34-70)88-51-27-49-83-81-47-26-46-78(93(81)99-94(83)88)67-57-60-76(61-58-67)101(73-37-17-6-18-38-73,74-39-19-7-20-40-74)75-41-21-8-22-42-75/h2-64H,1H3. The molecule has 1 aliphatic carbocycles. The second kappa shape index (κ2) is 24.3. The molecule has 4 nitrogen and oxygen atoms in total. The monoisotopic (exact) mass is 1310 g/mol. The van der Waals surface area contributed by atoms with E-state index < -0.39 is 13.5 Å². The molecule has 0 bridgehead atoms. The third kappa shape index (κ3) is 9.42. The van der Waals surface area contributed by atoms with Crippen LogP contribution in [0.3, 0.4) is 0 Å². The van der Waals surface area contributed by atoms with Gasteiger partial charge in [-0.1, -0.05) is 333 Å². The average molecular weight is 1310 g/mol. The highest BCUT2D eigenvalue weighted by Crippen LogP contribution is 2.61. The Labute approximate surface area is 588 Å². The van der Waals surface area contributed by atoms with Crippen molar-refractivity contribution in [2.75, 3.05) is 9.80 Å². The van der Waals surface area contributed by atoms with Gasteiger partial charge in [-0.25, -0.2) is 0 Å². The first-order chi connectivity index (χ1) is 50.0. The van der Waals surface area contributed by atoms with E-state index in [1.165, 1.54) is 59.7 Å². The second-order valence-electron chi connectivity index (χ2n) is 26.6. The fraction of sp³-hybridized carbons (Fsp3) is 0.0208. The first kappa shape index (κ1) is 59.5. The number of para-hydroxylation sites is 6. The Kier molecular flexibility index (Phi) is 14.3. The molecule has 2 heterocycles. The Morgan fingerprint density at radius 1 is 0.257 bits per heavy atom. The number of furan rings is 2. The van der Waals surface area contributed by atoms with E-state index in [2.05, 4.69) is 399 Å². The van der Waals surface area contributed by atoms with Crippen LogP contribution < -0.4 is 30.5 Å². The Balaban J connectivity index is 0.805. The normalized spacial score (nSPS) is 12.5. The number of rotatable bonds is 14. The van der Waals surface area contributed by atoms with Crippen molar-refractivity contribution in [1.29, 1.82) is 0 Å². The number of hydrogen-bond donors (Lipinski definition) is 0. The lowest BCUT2D eigenvalue weighted by molar-refractivity contribution is 0.670. The van der Waals surface area contributed by atoms with Crippen molar-refractivity contribution in [2.24, 2.45) is 0 Å². The molecular weight excluding hydrogens is 1240 g/mol. The van der Waals surface area contributed by atoms with Gasteiger partial charge >= 0.3 is 0 Å². The van der Waals surface area contributed by atoms with Gasteiger partial charge < -0.3 is 18.6 Å². The van der Waals surface area contributed by atoms with Crippen LogP contribution in [-0.4, -0.2) is 8.07 Å². The molecule has 0 saturated heterocycles. The summed E-state index contributed by atoms with van der Waals surface area (Å²) in [7, 11) is -2.77. The van der Waals surface area contributed by atoms with Gasteiger partial charge in [-0.3, -0.25) is 0 Å². The molecule has 0 amide bonds. The predicted molar refractivity (Wildman–Crippen MR) is 424 cm³/mol. The van der Waals surface area contributed by atoms with Crippen LogP contribution in [0, 0.1) is 6.92 Å². The van der Waals surface area contributed by atoms with E-state index in [0.717, 1.165) is 111 Å². The topological polar surface area (TPSA) is 32.8 Å². The van der Waals surface area contributed by atoms with E-state index in [4.69, 9.17) is 8.83 Å². The quantitative estimate of drug-likeness (QED) is 0.0802. The lowest BCUT2D eigenvalue weighted by Crippen LogP contribution is -2.74. The molecule has 0 aliphatic heterocycles. The molecule has 0 spiro atoms. The minimum Gasteiger partial charge on any atom is -0.453 e. The van der Waals surface area contributed by atoms with Crippen LogP contribution in [0.5, 0.6) is 0 Å². The van der Waals surface area contributed by atoms with E-state index in [1.54, 1.807) is 0 Å². The number of fused-ring (bicyclic) bond motifs is 11. The van der Waals surface area contributed by atoms with Crippen molar-refractivity contribution in [2.45, 2.75) is 12.3 Å². The molecule has 1 aliphatic rings. The van der Waals surface area contributed by atoms with Crippen molar-refractivity contribution in [3.05, 3.63) is 410 Å². The summed E-state index contributed by atoms with van der Waals surface area (Å²) in [4.78, 5) is 4.85. The summed E-state index contributed by atoms with van der Waals surface area (Å²) in [5.74, 6) is 0. The molecule has 0 N–H and O–H groups in total. The fourth-order valence-electron chi connectivity index (χ4n) is 16.7. The number of benzene rings is 16. The highest BCUT2D eigenvalue weighted by Gasteiger charge is 2.48. The SMILES string of the molecule is Cc1ccc(-c2cccc3c2oc2c(N(c4ccccc4)c4cc5c(c6ccccc46)-c4ccc(N(c6ccccc6)c6cccc7c6oc6c(-c8ccc([Si](c9ccccc9)(c9ccccc9)c9ccccc9)cc8)cccc67)cc4C5(c4ccccc4)c4ccccc4)cccc23)cc1. The van der Waals surface area contributed by atoms with E-state index in [9.17, 15) is 0 Å². The molecule has 16 aromatic carbocycles. The van der Waals surface area contributed by atoms with Gasteiger partial charge in [-0.05, 0) is 132 Å². The number of anilines is 6. The smallest absolute Gasteiger partial charge is 0.179 e. The van der Waals surface area contributed by atoms with Gasteiger partial charge in [-0.2, -0.15) is 0 Å². The zero-order chi connectivity index (χ0) is 67.0. The van der Waals surface area contributed by atoms with E-state index in [0.29, 0.717) is 0 Å². The second-order valence-corrected chi connectivity index (χ2v) is 30.4. The van der Waals surface area contributed by atoms with Gasteiger partial charge in [0.25, 0.3) is 0 Å². The lowest BCUT2D eigenvalue weighted by Gasteiger charge is -2.36. The fourth-order valence-corrected chi connectivity index (χ4v) is 21.5.